The van der Waals surface area contributed by atoms with E-state index in [9.17, 15) is 22.7 Å². The van der Waals surface area contributed by atoms with Crippen LogP contribution in [0, 0.1) is 29.5 Å². The summed E-state index contributed by atoms with van der Waals surface area (Å²) in [5.41, 5.74) is 0.348. The first-order valence-electron chi connectivity index (χ1n) is 8.53. The van der Waals surface area contributed by atoms with E-state index < -0.39 is 33.9 Å². The monoisotopic (exact) mass is 416 g/mol. The van der Waals surface area contributed by atoms with Crippen molar-refractivity contribution in [3.8, 4) is 18.4 Å². The maximum Gasteiger partial charge on any atom is 0.272 e. The van der Waals surface area contributed by atoms with Gasteiger partial charge < -0.3 is 15.0 Å². The molecule has 0 fully saturated rings. The molecular weight excluding hydrogens is 399 g/mol. The number of amides is 1. The zero-order valence-electron chi connectivity index (χ0n) is 15.3. The number of carbonyl (C=O) groups is 1. The molecule has 0 unspecified atom stereocenters. The summed E-state index contributed by atoms with van der Waals surface area (Å²) in [4.78, 5) is 12.8. The second-order valence-corrected chi connectivity index (χ2v) is 8.25. The van der Waals surface area contributed by atoms with Crippen LogP contribution in [0.4, 0.5) is 10.1 Å². The van der Waals surface area contributed by atoms with Crippen LogP contribution < -0.4 is 10.0 Å². The number of benzene rings is 1. The molecule has 150 valence electrons. The lowest BCUT2D eigenvalue weighted by atomic mass is 10.0. The van der Waals surface area contributed by atoms with Crippen molar-refractivity contribution in [2.24, 2.45) is 7.05 Å². The fraction of sp³-hybridized carbons (Fsp3) is 0.263. The van der Waals surface area contributed by atoms with Gasteiger partial charge in [-0.3, -0.25) is 4.79 Å². The van der Waals surface area contributed by atoms with Gasteiger partial charge in [0.05, 0.1) is 11.6 Å². The number of fused-ring (bicyclic) bond motifs is 1. The fourth-order valence-electron chi connectivity index (χ4n) is 3.26. The molecule has 2 heterocycles. The number of aromatic nitrogens is 1. The molecule has 1 aliphatic rings. The van der Waals surface area contributed by atoms with Crippen molar-refractivity contribution >= 4 is 21.6 Å². The summed E-state index contributed by atoms with van der Waals surface area (Å²) in [5, 5.41) is 21.3. The van der Waals surface area contributed by atoms with Gasteiger partial charge in [0.15, 0.2) is 0 Å². The van der Waals surface area contributed by atoms with Crippen molar-refractivity contribution in [2.45, 2.75) is 29.9 Å². The van der Waals surface area contributed by atoms with E-state index >= 15 is 0 Å². The van der Waals surface area contributed by atoms with E-state index in [0.717, 1.165) is 6.07 Å². The molecule has 1 amide bonds. The SMILES string of the molecule is C#C[C@H](O)[C@@H]1CCc2c(cn(C)c2C(=O)Nc2ccc(F)c(C#N)c2)S(=O)(=O)N1. The van der Waals surface area contributed by atoms with Crippen molar-refractivity contribution in [3.05, 3.63) is 47.0 Å². The van der Waals surface area contributed by atoms with Gasteiger partial charge >= 0.3 is 0 Å². The lowest BCUT2D eigenvalue weighted by Gasteiger charge is -2.17. The summed E-state index contributed by atoms with van der Waals surface area (Å²) in [6.07, 6.45) is 5.57. The minimum atomic E-state index is -4.01. The van der Waals surface area contributed by atoms with E-state index in [-0.39, 0.29) is 40.2 Å². The smallest absolute Gasteiger partial charge is 0.272 e. The first-order valence-corrected chi connectivity index (χ1v) is 10.0. The van der Waals surface area contributed by atoms with Gasteiger partial charge in [0.25, 0.3) is 5.91 Å². The number of terminal acetylenes is 1. The summed E-state index contributed by atoms with van der Waals surface area (Å²) in [7, 11) is -2.48. The number of nitrogens with one attached hydrogen (secondary N) is 2. The van der Waals surface area contributed by atoms with E-state index in [0.29, 0.717) is 0 Å². The van der Waals surface area contributed by atoms with Gasteiger partial charge in [0.1, 0.15) is 28.6 Å². The summed E-state index contributed by atoms with van der Waals surface area (Å²) in [5.74, 6) is 0.773. The molecule has 3 rings (SSSR count). The van der Waals surface area contributed by atoms with Gasteiger partial charge in [-0.1, -0.05) is 5.92 Å². The number of aryl methyl sites for hydroxylation is 1. The molecule has 0 aliphatic carbocycles. The number of carbonyl (C=O) groups excluding carboxylic acids is 1. The Labute approximate surface area is 167 Å². The van der Waals surface area contributed by atoms with Crippen LogP contribution in [0.3, 0.4) is 0 Å². The lowest BCUT2D eigenvalue weighted by molar-refractivity contribution is 0.101. The Morgan fingerprint density at radius 1 is 1.52 bits per heavy atom. The molecule has 0 saturated heterocycles. The molecule has 1 aromatic heterocycles. The van der Waals surface area contributed by atoms with E-state index in [1.165, 1.54) is 29.9 Å². The van der Waals surface area contributed by atoms with E-state index in [1.54, 1.807) is 6.07 Å². The zero-order chi connectivity index (χ0) is 21.3. The third kappa shape index (κ3) is 3.87. The maximum absolute atomic E-state index is 13.5. The Kier molecular flexibility index (Phi) is 5.44. The molecule has 2 aromatic rings. The van der Waals surface area contributed by atoms with Crippen LogP contribution in [0.15, 0.2) is 29.3 Å². The number of hydrogen-bond donors (Lipinski definition) is 3. The summed E-state index contributed by atoms with van der Waals surface area (Å²) < 4.78 is 42.6. The largest absolute Gasteiger partial charge is 0.379 e. The number of aliphatic hydroxyl groups excluding tert-OH is 1. The van der Waals surface area contributed by atoms with Gasteiger partial charge in [-0.05, 0) is 31.0 Å². The Balaban J connectivity index is 1.97. The van der Waals surface area contributed by atoms with Gasteiger partial charge in [0.2, 0.25) is 10.0 Å². The molecule has 0 saturated carbocycles. The summed E-state index contributed by atoms with van der Waals surface area (Å²) >= 11 is 0. The van der Waals surface area contributed by atoms with Crippen molar-refractivity contribution in [1.29, 1.82) is 5.26 Å². The second-order valence-electron chi connectivity index (χ2n) is 6.57. The number of aliphatic hydroxyl groups is 1. The average Bonchev–Trinajstić information content (AvgIpc) is 2.96. The Morgan fingerprint density at radius 3 is 2.90 bits per heavy atom. The van der Waals surface area contributed by atoms with Gasteiger partial charge in [0, 0.05) is 24.5 Å². The number of nitriles is 1. The standard InChI is InChI=1S/C19H17FN4O4S/c1-3-16(25)15-7-5-13-17(29(27,28)23-15)10-24(2)18(13)19(26)22-12-4-6-14(20)11(8-12)9-21/h1,4,6,8,10,15-16,23,25H,5,7H2,2H3,(H,22,26)/t15-,16-/m0/s1. The molecule has 29 heavy (non-hydrogen) atoms. The number of halogens is 1. The molecule has 2 atom stereocenters. The van der Waals surface area contributed by atoms with Crippen LogP contribution in [0.2, 0.25) is 0 Å². The highest BCUT2D eigenvalue weighted by Gasteiger charge is 2.34. The Hall–Kier alpha value is -3.18. The highest BCUT2D eigenvalue weighted by Crippen LogP contribution is 2.28. The normalized spacial score (nSPS) is 18.6. The van der Waals surface area contributed by atoms with Gasteiger partial charge in [-0.15, -0.1) is 6.42 Å². The first-order chi connectivity index (χ1) is 13.7. The van der Waals surface area contributed by atoms with E-state index in [1.807, 2.05) is 0 Å². The second kappa shape index (κ2) is 7.68. The number of hydrogen-bond acceptors (Lipinski definition) is 5. The molecule has 1 aliphatic heterocycles. The Morgan fingerprint density at radius 2 is 2.24 bits per heavy atom. The number of anilines is 1. The number of sulfonamides is 1. The number of nitrogens with zero attached hydrogens (tertiary/aromatic N) is 2. The van der Waals surface area contributed by atoms with Crippen LogP contribution >= 0.6 is 0 Å². The van der Waals surface area contributed by atoms with Crippen LogP contribution in [0.5, 0.6) is 0 Å². The van der Waals surface area contributed by atoms with E-state index in [2.05, 4.69) is 16.0 Å². The van der Waals surface area contributed by atoms with E-state index in [4.69, 9.17) is 11.7 Å². The van der Waals surface area contributed by atoms with Crippen molar-refractivity contribution in [3.63, 3.8) is 0 Å². The Bertz CT molecular complexity index is 1170. The molecule has 10 heteroatoms. The third-order valence-electron chi connectivity index (χ3n) is 4.66. The van der Waals surface area contributed by atoms with Crippen molar-refractivity contribution in [2.75, 3.05) is 5.32 Å². The third-order valence-corrected chi connectivity index (χ3v) is 6.20. The van der Waals surface area contributed by atoms with Crippen molar-refractivity contribution < 1.29 is 22.7 Å². The van der Waals surface area contributed by atoms with Gasteiger partial charge in [-0.25, -0.2) is 17.5 Å². The van der Waals surface area contributed by atoms with Crippen molar-refractivity contribution in [1.82, 2.24) is 9.29 Å². The minimum absolute atomic E-state index is 0.0753. The molecule has 8 nitrogen and oxygen atoms in total. The quantitative estimate of drug-likeness (QED) is 0.641. The summed E-state index contributed by atoms with van der Waals surface area (Å²) in [6.45, 7) is 0. The maximum atomic E-state index is 13.5. The molecule has 0 spiro atoms. The van der Waals surface area contributed by atoms with Crippen LogP contribution in [-0.4, -0.2) is 36.1 Å². The molecular formula is C19H17FN4O4S. The average molecular weight is 416 g/mol. The molecule has 0 radical (unpaired) electrons. The summed E-state index contributed by atoms with van der Waals surface area (Å²) in [6, 6.07) is 4.35. The first kappa shape index (κ1) is 20.6. The predicted octanol–water partition coefficient (Wildman–Crippen LogP) is 0.875. The number of rotatable bonds is 3. The van der Waals surface area contributed by atoms with Crippen LogP contribution in [0.25, 0.3) is 0 Å². The highest BCUT2D eigenvalue weighted by molar-refractivity contribution is 7.89. The molecule has 3 N–H and O–H groups in total. The zero-order valence-corrected chi connectivity index (χ0v) is 16.1. The molecule has 0 bridgehead atoms. The highest BCUT2D eigenvalue weighted by atomic mass is 32.2. The van der Waals surface area contributed by atoms with Crippen LogP contribution in [0.1, 0.15) is 28.0 Å². The topological polar surface area (TPSA) is 124 Å². The minimum Gasteiger partial charge on any atom is -0.379 e. The fourth-order valence-corrected chi connectivity index (χ4v) is 4.85. The molecule has 1 aromatic carbocycles. The van der Waals surface area contributed by atoms with Gasteiger partial charge in [-0.2, -0.15) is 5.26 Å². The predicted molar refractivity (Wildman–Crippen MR) is 102 cm³/mol. The lowest BCUT2D eigenvalue weighted by Crippen LogP contribution is -2.41. The van der Waals surface area contributed by atoms with Crippen LogP contribution in [-0.2, 0) is 23.5 Å².